The minimum Gasteiger partial charge on any atom is -0.346 e. The summed E-state index contributed by atoms with van der Waals surface area (Å²) in [5, 5.41) is 0. The molecule has 1 nitrogen and oxygen atoms in total. The molecule has 3 aromatic rings. The van der Waals surface area contributed by atoms with Crippen LogP contribution in [-0.2, 0) is 13.0 Å². The van der Waals surface area contributed by atoms with Crippen molar-refractivity contribution in [3.63, 3.8) is 0 Å². The molecule has 2 aromatic carbocycles. The van der Waals surface area contributed by atoms with Gasteiger partial charge in [-0.2, -0.15) is 0 Å². The van der Waals surface area contributed by atoms with E-state index in [-0.39, 0.29) is 0 Å². The summed E-state index contributed by atoms with van der Waals surface area (Å²) in [4.78, 5) is 0. The molecule has 0 unspecified atom stereocenters. The molecule has 0 aliphatic heterocycles. The summed E-state index contributed by atoms with van der Waals surface area (Å²) in [5.74, 6) is 0. The van der Waals surface area contributed by atoms with Gasteiger partial charge in [-0.15, -0.1) is 0 Å². The minimum absolute atomic E-state index is 0.941. The molecule has 0 spiro atoms. The first-order chi connectivity index (χ1) is 9.88. The quantitative estimate of drug-likeness (QED) is 0.637. The lowest BCUT2D eigenvalue weighted by atomic mass is 10.1. The van der Waals surface area contributed by atoms with Crippen LogP contribution in [-0.4, -0.2) is 4.57 Å². The second-order valence-corrected chi connectivity index (χ2v) is 5.01. The molecule has 0 saturated heterocycles. The number of hydrogen-bond donors (Lipinski definition) is 0. The standard InChI is InChI=1S/C19H19N/c1-2-19-18(17-11-7-4-8-12-17)13-14-20(19)15-16-9-5-3-6-10-16/h3-14H,2,15H2,1H3. The highest BCUT2D eigenvalue weighted by molar-refractivity contribution is 5.66. The van der Waals surface area contributed by atoms with Crippen molar-refractivity contribution in [1.29, 1.82) is 0 Å². The second kappa shape index (κ2) is 5.79. The number of rotatable bonds is 4. The first kappa shape index (κ1) is 12.7. The van der Waals surface area contributed by atoms with Crippen LogP contribution in [0, 0.1) is 0 Å². The van der Waals surface area contributed by atoms with Gasteiger partial charge in [-0.3, -0.25) is 0 Å². The summed E-state index contributed by atoms with van der Waals surface area (Å²) in [5.41, 5.74) is 5.40. The van der Waals surface area contributed by atoms with Crippen LogP contribution in [0.2, 0.25) is 0 Å². The van der Waals surface area contributed by atoms with E-state index in [1.807, 2.05) is 0 Å². The van der Waals surface area contributed by atoms with Crippen molar-refractivity contribution in [3.8, 4) is 11.1 Å². The Kier molecular flexibility index (Phi) is 3.69. The Balaban J connectivity index is 1.96. The summed E-state index contributed by atoms with van der Waals surface area (Å²) in [6.07, 6.45) is 3.25. The number of aromatic nitrogens is 1. The molecule has 100 valence electrons. The van der Waals surface area contributed by atoms with E-state index >= 15 is 0 Å². The molecule has 0 amide bonds. The monoisotopic (exact) mass is 261 g/mol. The van der Waals surface area contributed by atoms with Gasteiger partial charge in [-0.05, 0) is 23.6 Å². The average Bonchev–Trinajstić information content (AvgIpc) is 2.92. The zero-order valence-electron chi connectivity index (χ0n) is 11.8. The summed E-state index contributed by atoms with van der Waals surface area (Å²) >= 11 is 0. The van der Waals surface area contributed by atoms with Gasteiger partial charge in [0.05, 0.1) is 0 Å². The number of benzene rings is 2. The van der Waals surface area contributed by atoms with Crippen LogP contribution in [0.1, 0.15) is 18.2 Å². The van der Waals surface area contributed by atoms with E-state index in [9.17, 15) is 0 Å². The lowest BCUT2D eigenvalue weighted by Gasteiger charge is -2.10. The zero-order chi connectivity index (χ0) is 13.8. The zero-order valence-corrected chi connectivity index (χ0v) is 11.8. The highest BCUT2D eigenvalue weighted by atomic mass is 15.0. The van der Waals surface area contributed by atoms with Crippen LogP contribution in [0.15, 0.2) is 72.9 Å². The fraction of sp³-hybridized carbons (Fsp3) is 0.158. The first-order valence-electron chi connectivity index (χ1n) is 7.16. The lowest BCUT2D eigenvalue weighted by molar-refractivity contribution is 0.752. The lowest BCUT2D eigenvalue weighted by Crippen LogP contribution is -2.03. The summed E-state index contributed by atoms with van der Waals surface area (Å²) < 4.78 is 2.36. The van der Waals surface area contributed by atoms with Crippen LogP contribution >= 0.6 is 0 Å². The third-order valence-corrected chi connectivity index (χ3v) is 3.69. The van der Waals surface area contributed by atoms with Crippen molar-refractivity contribution in [2.75, 3.05) is 0 Å². The third kappa shape index (κ3) is 2.53. The molecule has 0 radical (unpaired) electrons. The number of nitrogens with zero attached hydrogens (tertiary/aromatic N) is 1. The van der Waals surface area contributed by atoms with Gasteiger partial charge in [0.1, 0.15) is 0 Å². The predicted molar refractivity (Wildman–Crippen MR) is 84.8 cm³/mol. The third-order valence-electron chi connectivity index (χ3n) is 3.69. The van der Waals surface area contributed by atoms with Gasteiger partial charge in [-0.1, -0.05) is 67.6 Å². The maximum absolute atomic E-state index is 2.36. The minimum atomic E-state index is 0.941. The second-order valence-electron chi connectivity index (χ2n) is 5.01. The normalized spacial score (nSPS) is 10.7. The van der Waals surface area contributed by atoms with Gasteiger partial charge in [0.25, 0.3) is 0 Å². The van der Waals surface area contributed by atoms with E-state index in [0.717, 1.165) is 13.0 Å². The Labute approximate surface area is 120 Å². The Bertz CT molecular complexity index is 666. The van der Waals surface area contributed by atoms with Crippen molar-refractivity contribution >= 4 is 0 Å². The predicted octanol–water partition coefficient (Wildman–Crippen LogP) is 4.77. The van der Waals surface area contributed by atoms with Crippen molar-refractivity contribution in [1.82, 2.24) is 4.57 Å². The molecule has 0 aliphatic rings. The van der Waals surface area contributed by atoms with Crippen molar-refractivity contribution in [3.05, 3.63) is 84.2 Å². The molecule has 0 fully saturated rings. The van der Waals surface area contributed by atoms with Gasteiger partial charge >= 0.3 is 0 Å². The molecular weight excluding hydrogens is 242 g/mol. The maximum Gasteiger partial charge on any atom is 0.0473 e. The molecule has 0 bridgehead atoms. The van der Waals surface area contributed by atoms with E-state index in [4.69, 9.17) is 0 Å². The van der Waals surface area contributed by atoms with Crippen LogP contribution < -0.4 is 0 Å². The van der Waals surface area contributed by atoms with Crippen LogP contribution in [0.4, 0.5) is 0 Å². The van der Waals surface area contributed by atoms with E-state index in [1.54, 1.807) is 0 Å². The molecule has 3 rings (SSSR count). The number of hydrogen-bond acceptors (Lipinski definition) is 0. The molecule has 1 aromatic heterocycles. The van der Waals surface area contributed by atoms with Gasteiger partial charge in [0.15, 0.2) is 0 Å². The van der Waals surface area contributed by atoms with E-state index in [0.29, 0.717) is 0 Å². The Morgan fingerprint density at radius 2 is 1.45 bits per heavy atom. The molecule has 20 heavy (non-hydrogen) atoms. The van der Waals surface area contributed by atoms with Crippen molar-refractivity contribution < 1.29 is 0 Å². The molecule has 0 N–H and O–H groups in total. The van der Waals surface area contributed by atoms with Crippen LogP contribution in [0.25, 0.3) is 11.1 Å². The highest BCUT2D eigenvalue weighted by Crippen LogP contribution is 2.25. The molecule has 1 heterocycles. The molecule has 0 saturated carbocycles. The fourth-order valence-electron chi connectivity index (χ4n) is 2.71. The van der Waals surface area contributed by atoms with Gasteiger partial charge < -0.3 is 4.57 Å². The summed E-state index contributed by atoms with van der Waals surface area (Å²) in [7, 11) is 0. The molecule has 0 aliphatic carbocycles. The Morgan fingerprint density at radius 3 is 2.10 bits per heavy atom. The smallest absolute Gasteiger partial charge is 0.0473 e. The van der Waals surface area contributed by atoms with Gasteiger partial charge in [0, 0.05) is 24.0 Å². The molecule has 1 heteroatoms. The maximum atomic E-state index is 2.36. The van der Waals surface area contributed by atoms with Crippen molar-refractivity contribution in [2.24, 2.45) is 0 Å². The largest absolute Gasteiger partial charge is 0.346 e. The first-order valence-corrected chi connectivity index (χ1v) is 7.16. The topological polar surface area (TPSA) is 4.93 Å². The highest BCUT2D eigenvalue weighted by Gasteiger charge is 2.09. The van der Waals surface area contributed by atoms with Crippen molar-refractivity contribution in [2.45, 2.75) is 19.9 Å². The summed E-state index contributed by atoms with van der Waals surface area (Å²) in [6, 6.07) is 23.5. The SMILES string of the molecule is CCc1c(-c2ccccc2)ccn1Cc1ccccc1. The van der Waals surface area contributed by atoms with Gasteiger partial charge in [0.2, 0.25) is 0 Å². The summed E-state index contributed by atoms with van der Waals surface area (Å²) in [6.45, 7) is 3.17. The van der Waals surface area contributed by atoms with E-state index in [1.165, 1.54) is 22.4 Å². The molecular formula is C19H19N. The van der Waals surface area contributed by atoms with E-state index in [2.05, 4.69) is 84.4 Å². The Morgan fingerprint density at radius 1 is 0.800 bits per heavy atom. The van der Waals surface area contributed by atoms with Crippen LogP contribution in [0.5, 0.6) is 0 Å². The average molecular weight is 261 g/mol. The molecule has 0 atom stereocenters. The van der Waals surface area contributed by atoms with Gasteiger partial charge in [-0.25, -0.2) is 0 Å². The fourth-order valence-corrected chi connectivity index (χ4v) is 2.71. The van der Waals surface area contributed by atoms with E-state index < -0.39 is 0 Å². The Hall–Kier alpha value is -2.28. The van der Waals surface area contributed by atoms with Crippen LogP contribution in [0.3, 0.4) is 0 Å².